The zero-order valence-electron chi connectivity index (χ0n) is 17.9. The molecule has 160 valence electrons. The number of benzene rings is 1. The summed E-state index contributed by atoms with van der Waals surface area (Å²) in [5.41, 5.74) is 1.25. The molecule has 28 heavy (non-hydrogen) atoms. The van der Waals surface area contributed by atoms with E-state index in [-0.39, 0.29) is 24.0 Å². The molecule has 1 aliphatic heterocycles. The van der Waals surface area contributed by atoms with Gasteiger partial charge in [0.05, 0.1) is 13.2 Å². The molecule has 0 saturated carbocycles. The summed E-state index contributed by atoms with van der Waals surface area (Å²) in [6, 6.07) is 10.4. The van der Waals surface area contributed by atoms with E-state index in [1.807, 2.05) is 6.07 Å². The molecular formula is C22H39IN4O. The lowest BCUT2D eigenvalue weighted by molar-refractivity contribution is 0.0906. The molecule has 1 atom stereocenters. The Kier molecular flexibility index (Phi) is 13.5. The number of rotatable bonds is 11. The molecule has 0 aliphatic carbocycles. The van der Waals surface area contributed by atoms with E-state index in [2.05, 4.69) is 60.2 Å². The van der Waals surface area contributed by atoms with Gasteiger partial charge in [0.2, 0.25) is 0 Å². The molecule has 2 rings (SSSR count). The van der Waals surface area contributed by atoms with Crippen molar-refractivity contribution in [1.29, 1.82) is 0 Å². The second kappa shape index (κ2) is 15.0. The third-order valence-corrected chi connectivity index (χ3v) is 5.17. The predicted molar refractivity (Wildman–Crippen MR) is 130 cm³/mol. The fraction of sp³-hybridized carbons (Fsp3) is 0.682. The minimum atomic E-state index is 0. The van der Waals surface area contributed by atoms with Gasteiger partial charge in [-0.25, -0.2) is 0 Å². The van der Waals surface area contributed by atoms with E-state index in [1.165, 1.54) is 12.0 Å². The number of halogens is 1. The first-order chi connectivity index (χ1) is 13.3. The highest BCUT2D eigenvalue weighted by molar-refractivity contribution is 14.0. The fourth-order valence-corrected chi connectivity index (χ4v) is 3.52. The lowest BCUT2D eigenvalue weighted by Gasteiger charge is -2.22. The van der Waals surface area contributed by atoms with Crippen LogP contribution in [0.3, 0.4) is 0 Å². The largest absolute Gasteiger partial charge is 0.376 e. The molecule has 1 unspecified atom stereocenters. The molecule has 1 N–H and O–H groups in total. The molecule has 1 aromatic rings. The second-order valence-electron chi connectivity index (χ2n) is 7.22. The van der Waals surface area contributed by atoms with Crippen molar-refractivity contribution in [3.63, 3.8) is 0 Å². The van der Waals surface area contributed by atoms with Crippen molar-refractivity contribution in [2.24, 2.45) is 10.9 Å². The van der Waals surface area contributed by atoms with Crippen molar-refractivity contribution in [2.45, 2.75) is 40.2 Å². The van der Waals surface area contributed by atoms with E-state index >= 15 is 0 Å². The van der Waals surface area contributed by atoms with Crippen LogP contribution in [0.4, 0.5) is 0 Å². The molecule has 0 aromatic heterocycles. The normalized spacial score (nSPS) is 17.1. The van der Waals surface area contributed by atoms with Crippen LogP contribution >= 0.6 is 24.0 Å². The Hall–Kier alpha value is -0.860. The highest BCUT2D eigenvalue weighted by Crippen LogP contribution is 2.17. The van der Waals surface area contributed by atoms with Crippen LogP contribution in [0.25, 0.3) is 0 Å². The SMILES string of the molecule is CCNC(=NCCCN(CC)CC)N1CCC(COCc2ccccc2)C1.I. The van der Waals surface area contributed by atoms with Gasteiger partial charge in [0.25, 0.3) is 0 Å². The molecule has 0 amide bonds. The first-order valence-electron chi connectivity index (χ1n) is 10.6. The quantitative estimate of drug-likeness (QED) is 0.216. The Morgan fingerprint density at radius 3 is 2.64 bits per heavy atom. The minimum Gasteiger partial charge on any atom is -0.376 e. The number of guanidine groups is 1. The van der Waals surface area contributed by atoms with Crippen LogP contribution in [0.2, 0.25) is 0 Å². The lowest BCUT2D eigenvalue weighted by atomic mass is 10.1. The Morgan fingerprint density at radius 2 is 1.96 bits per heavy atom. The summed E-state index contributed by atoms with van der Waals surface area (Å²) < 4.78 is 5.95. The molecule has 1 saturated heterocycles. The second-order valence-corrected chi connectivity index (χ2v) is 7.22. The number of aliphatic imine (C=N–C) groups is 1. The van der Waals surface area contributed by atoms with Gasteiger partial charge in [-0.2, -0.15) is 0 Å². The van der Waals surface area contributed by atoms with Crippen LogP contribution in [-0.2, 0) is 11.3 Å². The van der Waals surface area contributed by atoms with Gasteiger partial charge in [0, 0.05) is 32.1 Å². The maximum atomic E-state index is 5.95. The van der Waals surface area contributed by atoms with E-state index in [9.17, 15) is 0 Å². The lowest BCUT2D eigenvalue weighted by Crippen LogP contribution is -2.40. The van der Waals surface area contributed by atoms with Crippen molar-refractivity contribution in [1.82, 2.24) is 15.1 Å². The zero-order valence-corrected chi connectivity index (χ0v) is 20.2. The molecule has 0 spiro atoms. The molecular weight excluding hydrogens is 463 g/mol. The third kappa shape index (κ3) is 9.09. The molecule has 1 aromatic carbocycles. The van der Waals surface area contributed by atoms with Crippen LogP contribution in [0.1, 0.15) is 39.2 Å². The van der Waals surface area contributed by atoms with Gasteiger partial charge in [0.1, 0.15) is 0 Å². The Bertz CT molecular complexity index is 537. The van der Waals surface area contributed by atoms with Crippen molar-refractivity contribution in [3.8, 4) is 0 Å². The minimum absolute atomic E-state index is 0. The van der Waals surface area contributed by atoms with Gasteiger partial charge < -0.3 is 19.9 Å². The highest BCUT2D eigenvalue weighted by atomic mass is 127. The summed E-state index contributed by atoms with van der Waals surface area (Å²) >= 11 is 0. The summed E-state index contributed by atoms with van der Waals surface area (Å²) in [4.78, 5) is 9.72. The van der Waals surface area contributed by atoms with E-state index in [1.54, 1.807) is 0 Å². The number of nitrogens with zero attached hydrogens (tertiary/aromatic N) is 3. The van der Waals surface area contributed by atoms with Crippen LogP contribution in [-0.4, -0.2) is 68.2 Å². The maximum absolute atomic E-state index is 5.95. The number of hydrogen-bond acceptors (Lipinski definition) is 3. The summed E-state index contributed by atoms with van der Waals surface area (Å²) in [7, 11) is 0. The molecule has 0 radical (unpaired) electrons. The van der Waals surface area contributed by atoms with Gasteiger partial charge in [0.15, 0.2) is 5.96 Å². The molecule has 1 aliphatic rings. The van der Waals surface area contributed by atoms with Crippen LogP contribution in [0.15, 0.2) is 35.3 Å². The van der Waals surface area contributed by atoms with E-state index < -0.39 is 0 Å². The number of likely N-dealkylation sites (tertiary alicyclic amines) is 1. The van der Waals surface area contributed by atoms with Gasteiger partial charge in [-0.3, -0.25) is 4.99 Å². The maximum Gasteiger partial charge on any atom is 0.193 e. The Balaban J connectivity index is 0.00000392. The summed E-state index contributed by atoms with van der Waals surface area (Å²) in [5.74, 6) is 1.66. The highest BCUT2D eigenvalue weighted by Gasteiger charge is 2.24. The summed E-state index contributed by atoms with van der Waals surface area (Å²) in [5, 5.41) is 3.46. The van der Waals surface area contributed by atoms with Crippen molar-refractivity contribution in [3.05, 3.63) is 35.9 Å². The average Bonchev–Trinajstić information content (AvgIpc) is 3.17. The predicted octanol–water partition coefficient (Wildman–Crippen LogP) is 3.84. The van der Waals surface area contributed by atoms with Crippen molar-refractivity contribution in [2.75, 3.05) is 52.4 Å². The van der Waals surface area contributed by atoms with Gasteiger partial charge in [-0.05, 0) is 45.0 Å². The zero-order chi connectivity index (χ0) is 19.3. The molecule has 1 fully saturated rings. The van der Waals surface area contributed by atoms with Gasteiger partial charge >= 0.3 is 0 Å². The van der Waals surface area contributed by atoms with E-state index in [4.69, 9.17) is 9.73 Å². The third-order valence-electron chi connectivity index (χ3n) is 5.17. The monoisotopic (exact) mass is 502 g/mol. The Labute approximate surface area is 188 Å². The topological polar surface area (TPSA) is 40.1 Å². The van der Waals surface area contributed by atoms with E-state index in [0.717, 1.165) is 64.8 Å². The number of ether oxygens (including phenoxy) is 1. The van der Waals surface area contributed by atoms with Crippen LogP contribution in [0, 0.1) is 5.92 Å². The standard InChI is InChI=1S/C22H38N4O.HI/c1-4-23-22(24-14-10-15-25(5-2)6-3)26-16-13-21(17-26)19-27-18-20-11-8-7-9-12-20;/h7-9,11-12,21H,4-6,10,13-19H2,1-3H3,(H,23,24);1H. The van der Waals surface area contributed by atoms with Crippen LogP contribution < -0.4 is 5.32 Å². The smallest absolute Gasteiger partial charge is 0.193 e. The van der Waals surface area contributed by atoms with Crippen molar-refractivity contribution >= 4 is 29.9 Å². The molecule has 5 nitrogen and oxygen atoms in total. The van der Waals surface area contributed by atoms with Crippen LogP contribution in [0.5, 0.6) is 0 Å². The summed E-state index contributed by atoms with van der Waals surface area (Å²) in [6.07, 6.45) is 2.30. The number of nitrogens with one attached hydrogen (secondary N) is 1. The molecule has 1 heterocycles. The summed E-state index contributed by atoms with van der Waals surface area (Å²) in [6.45, 7) is 15.4. The van der Waals surface area contributed by atoms with Crippen molar-refractivity contribution < 1.29 is 4.74 Å². The Morgan fingerprint density at radius 1 is 1.21 bits per heavy atom. The first kappa shape index (κ1) is 25.2. The van der Waals surface area contributed by atoms with E-state index in [0.29, 0.717) is 12.5 Å². The fourth-order valence-electron chi connectivity index (χ4n) is 3.52. The van der Waals surface area contributed by atoms with Gasteiger partial charge in [-0.1, -0.05) is 44.2 Å². The average molecular weight is 502 g/mol. The number of hydrogen-bond donors (Lipinski definition) is 1. The van der Waals surface area contributed by atoms with Gasteiger partial charge in [-0.15, -0.1) is 24.0 Å². The molecule has 6 heteroatoms. The first-order valence-corrected chi connectivity index (χ1v) is 10.6. The molecule has 0 bridgehead atoms.